The highest BCUT2D eigenvalue weighted by Crippen LogP contribution is 2.27. The van der Waals surface area contributed by atoms with E-state index in [9.17, 15) is 0 Å². The maximum absolute atomic E-state index is 6.34. The summed E-state index contributed by atoms with van der Waals surface area (Å²) < 4.78 is 6.31. The number of likely N-dealkylation sites (N-methyl/N-ethyl adjacent to an activating group) is 1. The molecule has 1 N–H and O–H groups in total. The van der Waals surface area contributed by atoms with Crippen molar-refractivity contribution in [3.63, 3.8) is 0 Å². The third-order valence-corrected chi connectivity index (χ3v) is 4.23. The lowest BCUT2D eigenvalue weighted by molar-refractivity contribution is 0.413. The first-order valence-corrected chi connectivity index (χ1v) is 8.12. The Balaban J connectivity index is 2.25. The molecule has 0 aliphatic carbocycles. The number of hydrogen-bond acceptors (Lipinski definition) is 2. The molecule has 2 nitrogen and oxygen atoms in total. The molecular formula is C17H19BrClNO. The van der Waals surface area contributed by atoms with Crippen LogP contribution in [0.3, 0.4) is 0 Å². The summed E-state index contributed by atoms with van der Waals surface area (Å²) in [5.74, 6) is 0.873. The van der Waals surface area contributed by atoms with E-state index in [2.05, 4.69) is 46.4 Å². The topological polar surface area (TPSA) is 21.3 Å². The molecule has 0 radical (unpaired) electrons. The molecule has 0 aliphatic heterocycles. The number of hydrogen-bond donors (Lipinski definition) is 1. The molecule has 0 amide bonds. The lowest BCUT2D eigenvalue weighted by atomic mass is 9.98. The van der Waals surface area contributed by atoms with Crippen LogP contribution in [0, 0.1) is 0 Å². The lowest BCUT2D eigenvalue weighted by Gasteiger charge is -2.20. The van der Waals surface area contributed by atoms with Crippen LogP contribution >= 0.6 is 27.5 Å². The van der Waals surface area contributed by atoms with Crippen molar-refractivity contribution in [3.05, 3.63) is 63.1 Å². The summed E-state index contributed by atoms with van der Waals surface area (Å²) >= 11 is 9.78. The van der Waals surface area contributed by atoms with E-state index >= 15 is 0 Å². The van der Waals surface area contributed by atoms with Crippen LogP contribution < -0.4 is 10.1 Å². The zero-order valence-electron chi connectivity index (χ0n) is 12.2. The number of nitrogens with one attached hydrogen (secondary N) is 1. The predicted molar refractivity (Wildman–Crippen MR) is 92.3 cm³/mol. The van der Waals surface area contributed by atoms with Gasteiger partial charge < -0.3 is 10.1 Å². The van der Waals surface area contributed by atoms with Crippen molar-refractivity contribution < 1.29 is 4.74 Å². The van der Waals surface area contributed by atoms with E-state index < -0.39 is 0 Å². The Labute approximate surface area is 139 Å². The van der Waals surface area contributed by atoms with Crippen LogP contribution in [0.2, 0.25) is 5.02 Å². The van der Waals surface area contributed by atoms with Crippen LogP contribution in [0.25, 0.3) is 0 Å². The Kier molecular flexibility index (Phi) is 6.09. The molecule has 0 aliphatic rings. The fraction of sp³-hybridized carbons (Fsp3) is 0.294. The molecule has 0 saturated carbocycles. The molecule has 4 heteroatoms. The zero-order chi connectivity index (χ0) is 15.2. The normalized spacial score (nSPS) is 12.2. The fourth-order valence-electron chi connectivity index (χ4n) is 2.32. The number of halogens is 2. The number of methoxy groups -OCH3 is 1. The van der Waals surface area contributed by atoms with Crippen molar-refractivity contribution >= 4 is 27.5 Å². The van der Waals surface area contributed by atoms with E-state index in [0.29, 0.717) is 0 Å². The van der Waals surface area contributed by atoms with Crippen LogP contribution in [0.1, 0.15) is 24.1 Å². The van der Waals surface area contributed by atoms with Crippen LogP contribution in [-0.4, -0.2) is 13.7 Å². The van der Waals surface area contributed by atoms with E-state index in [-0.39, 0.29) is 6.04 Å². The third-order valence-electron chi connectivity index (χ3n) is 3.39. The van der Waals surface area contributed by atoms with Crippen LogP contribution in [-0.2, 0) is 6.42 Å². The van der Waals surface area contributed by atoms with Gasteiger partial charge in [0.15, 0.2) is 0 Å². The minimum Gasteiger partial charge on any atom is -0.497 e. The zero-order valence-corrected chi connectivity index (χ0v) is 14.5. The van der Waals surface area contributed by atoms with Gasteiger partial charge in [0, 0.05) is 15.5 Å². The highest BCUT2D eigenvalue weighted by Gasteiger charge is 2.14. The van der Waals surface area contributed by atoms with Gasteiger partial charge in [0.05, 0.1) is 7.11 Å². The average molecular weight is 369 g/mol. The second-order valence-corrected chi connectivity index (χ2v) is 6.15. The van der Waals surface area contributed by atoms with Gasteiger partial charge in [-0.25, -0.2) is 0 Å². The molecule has 0 fully saturated rings. The van der Waals surface area contributed by atoms with Gasteiger partial charge >= 0.3 is 0 Å². The Morgan fingerprint density at radius 3 is 2.71 bits per heavy atom. The first-order valence-electron chi connectivity index (χ1n) is 6.95. The third kappa shape index (κ3) is 4.47. The highest BCUT2D eigenvalue weighted by atomic mass is 79.9. The van der Waals surface area contributed by atoms with Crippen molar-refractivity contribution in [2.75, 3.05) is 13.7 Å². The van der Waals surface area contributed by atoms with Gasteiger partial charge in [0.2, 0.25) is 0 Å². The predicted octanol–water partition coefficient (Wildman–Crippen LogP) is 5.00. The molecule has 0 heterocycles. The van der Waals surface area contributed by atoms with E-state index in [1.165, 1.54) is 5.56 Å². The molecule has 0 bridgehead atoms. The summed E-state index contributed by atoms with van der Waals surface area (Å²) in [7, 11) is 1.69. The van der Waals surface area contributed by atoms with Gasteiger partial charge in [-0.3, -0.25) is 0 Å². The van der Waals surface area contributed by atoms with Crippen molar-refractivity contribution in [1.29, 1.82) is 0 Å². The van der Waals surface area contributed by atoms with Crippen LogP contribution in [0.5, 0.6) is 5.75 Å². The van der Waals surface area contributed by atoms with Crippen LogP contribution in [0.4, 0.5) is 0 Å². The average Bonchev–Trinajstić information content (AvgIpc) is 2.49. The Morgan fingerprint density at radius 1 is 1.24 bits per heavy atom. The minimum atomic E-state index is 0.212. The molecular weight excluding hydrogens is 350 g/mol. The minimum absolute atomic E-state index is 0.212. The molecule has 21 heavy (non-hydrogen) atoms. The largest absolute Gasteiger partial charge is 0.497 e. The van der Waals surface area contributed by atoms with Crippen LogP contribution in [0.15, 0.2) is 46.9 Å². The molecule has 2 rings (SSSR count). The molecule has 0 spiro atoms. The summed E-state index contributed by atoms with van der Waals surface area (Å²) in [6, 6.07) is 14.4. The quantitative estimate of drug-likeness (QED) is 0.774. The van der Waals surface area contributed by atoms with Crippen molar-refractivity contribution in [3.8, 4) is 5.75 Å². The second kappa shape index (κ2) is 7.83. The SMILES string of the molecule is CCNC(Cc1ccc(Br)cc1Cl)c1cccc(OC)c1. The van der Waals surface area contributed by atoms with Gasteiger partial charge in [0.1, 0.15) is 5.75 Å². The molecule has 0 saturated heterocycles. The Hall–Kier alpha value is -1.03. The molecule has 0 aromatic heterocycles. The maximum atomic E-state index is 6.34. The van der Waals surface area contributed by atoms with E-state index in [0.717, 1.165) is 33.8 Å². The van der Waals surface area contributed by atoms with E-state index in [4.69, 9.17) is 16.3 Å². The smallest absolute Gasteiger partial charge is 0.119 e. The summed E-state index contributed by atoms with van der Waals surface area (Å²) in [4.78, 5) is 0. The summed E-state index contributed by atoms with van der Waals surface area (Å²) in [5.41, 5.74) is 2.34. The molecule has 2 aromatic rings. The number of benzene rings is 2. The maximum Gasteiger partial charge on any atom is 0.119 e. The van der Waals surface area contributed by atoms with Crippen molar-refractivity contribution in [2.24, 2.45) is 0 Å². The standard InChI is InChI=1S/C17H19BrClNO/c1-3-20-17(13-5-4-6-15(9-13)21-2)10-12-7-8-14(18)11-16(12)19/h4-9,11,17,20H,3,10H2,1-2H3. The van der Waals surface area contributed by atoms with Crippen molar-refractivity contribution in [1.82, 2.24) is 5.32 Å². The summed E-state index contributed by atoms with van der Waals surface area (Å²) in [5, 5.41) is 4.30. The summed E-state index contributed by atoms with van der Waals surface area (Å²) in [6.45, 7) is 3.01. The highest BCUT2D eigenvalue weighted by molar-refractivity contribution is 9.10. The first kappa shape index (κ1) is 16.3. The second-order valence-electron chi connectivity index (χ2n) is 4.83. The molecule has 1 atom stereocenters. The van der Waals surface area contributed by atoms with Gasteiger partial charge in [0.25, 0.3) is 0 Å². The van der Waals surface area contributed by atoms with Gasteiger partial charge in [-0.1, -0.05) is 52.7 Å². The van der Waals surface area contributed by atoms with E-state index in [1.807, 2.05) is 24.3 Å². The Bertz CT molecular complexity index is 603. The van der Waals surface area contributed by atoms with Gasteiger partial charge in [-0.2, -0.15) is 0 Å². The molecule has 1 unspecified atom stereocenters. The number of rotatable bonds is 6. The van der Waals surface area contributed by atoms with E-state index in [1.54, 1.807) is 7.11 Å². The lowest BCUT2D eigenvalue weighted by Crippen LogP contribution is -2.23. The Morgan fingerprint density at radius 2 is 2.05 bits per heavy atom. The van der Waals surface area contributed by atoms with Gasteiger partial charge in [-0.15, -0.1) is 0 Å². The molecule has 112 valence electrons. The molecule has 2 aromatic carbocycles. The monoisotopic (exact) mass is 367 g/mol. The summed E-state index contributed by atoms with van der Waals surface area (Å²) in [6.07, 6.45) is 0.840. The first-order chi connectivity index (χ1) is 10.1. The van der Waals surface area contributed by atoms with Gasteiger partial charge in [-0.05, 0) is 48.4 Å². The number of ether oxygens (including phenoxy) is 1. The van der Waals surface area contributed by atoms with Crippen molar-refractivity contribution in [2.45, 2.75) is 19.4 Å². The fourth-order valence-corrected chi connectivity index (χ4v) is 3.07.